The molecular formula is C19H16Br2N4O5S. The molecule has 0 atom stereocenters. The van der Waals surface area contributed by atoms with Crippen molar-refractivity contribution < 1.29 is 22.7 Å². The van der Waals surface area contributed by atoms with Crippen molar-refractivity contribution in [3.05, 3.63) is 63.8 Å². The van der Waals surface area contributed by atoms with Gasteiger partial charge in [-0.1, -0.05) is 15.9 Å². The predicted molar refractivity (Wildman–Crippen MR) is 122 cm³/mol. The molecule has 0 fully saturated rings. The molecule has 12 heteroatoms. The highest BCUT2D eigenvalue weighted by molar-refractivity contribution is 9.11. The number of sulfonamides is 1. The fourth-order valence-electron chi connectivity index (χ4n) is 2.38. The lowest BCUT2D eigenvalue weighted by molar-refractivity contribution is -0.118. The Balaban J connectivity index is 1.62. The summed E-state index contributed by atoms with van der Waals surface area (Å²) in [5.74, 6) is 0.143. The number of aromatic nitrogens is 2. The number of hydrogen-bond donors (Lipinski definition) is 2. The zero-order valence-corrected chi connectivity index (χ0v) is 20.0. The van der Waals surface area contributed by atoms with Gasteiger partial charge in [-0.3, -0.25) is 9.52 Å². The van der Waals surface area contributed by atoms with Gasteiger partial charge in [-0.05, 0) is 58.4 Å². The van der Waals surface area contributed by atoms with Crippen LogP contribution in [0.2, 0.25) is 0 Å². The summed E-state index contributed by atoms with van der Waals surface area (Å²) >= 11 is 6.70. The summed E-state index contributed by atoms with van der Waals surface area (Å²) in [7, 11) is -2.57. The lowest BCUT2D eigenvalue weighted by Gasteiger charge is -2.11. The monoisotopic (exact) mass is 570 g/mol. The molecule has 0 spiro atoms. The molecule has 0 radical (unpaired) electrons. The maximum atomic E-state index is 12.6. The van der Waals surface area contributed by atoms with Crippen LogP contribution in [0.1, 0.15) is 0 Å². The molecule has 0 bridgehead atoms. The maximum Gasteiger partial charge on any atom is 0.263 e. The van der Waals surface area contributed by atoms with E-state index in [9.17, 15) is 13.2 Å². The van der Waals surface area contributed by atoms with Crippen LogP contribution in [0, 0.1) is 0 Å². The minimum Gasteiger partial charge on any atom is -0.483 e. The highest BCUT2D eigenvalue weighted by Gasteiger charge is 2.18. The van der Waals surface area contributed by atoms with Crippen LogP contribution < -0.4 is 19.5 Å². The summed E-state index contributed by atoms with van der Waals surface area (Å²) in [4.78, 5) is 19.9. The second-order valence-electron chi connectivity index (χ2n) is 5.96. The number of benzene rings is 2. The molecule has 0 saturated carbocycles. The van der Waals surface area contributed by atoms with Gasteiger partial charge < -0.3 is 14.8 Å². The fraction of sp³-hybridized carbons (Fsp3) is 0.105. The van der Waals surface area contributed by atoms with Crippen LogP contribution >= 0.6 is 31.9 Å². The van der Waals surface area contributed by atoms with E-state index in [4.69, 9.17) is 9.47 Å². The van der Waals surface area contributed by atoms with E-state index < -0.39 is 15.9 Å². The van der Waals surface area contributed by atoms with Gasteiger partial charge >= 0.3 is 0 Å². The van der Waals surface area contributed by atoms with Crippen molar-refractivity contribution in [2.75, 3.05) is 23.8 Å². The third kappa shape index (κ3) is 6.15. The Kier molecular flexibility index (Phi) is 7.46. The topological polar surface area (TPSA) is 120 Å². The molecule has 1 amide bonds. The second-order valence-corrected chi connectivity index (χ2v) is 9.41. The van der Waals surface area contributed by atoms with Gasteiger partial charge in [0.1, 0.15) is 5.75 Å². The van der Waals surface area contributed by atoms with E-state index in [1.807, 2.05) is 0 Å². The van der Waals surface area contributed by atoms with Crippen molar-refractivity contribution in [3.8, 4) is 11.6 Å². The first-order valence-corrected chi connectivity index (χ1v) is 11.7. The zero-order valence-electron chi connectivity index (χ0n) is 16.0. The van der Waals surface area contributed by atoms with Crippen molar-refractivity contribution >= 4 is 59.3 Å². The summed E-state index contributed by atoms with van der Waals surface area (Å²) in [5.41, 5.74) is 0.416. The molecular weight excluding hydrogens is 556 g/mol. The Morgan fingerprint density at radius 1 is 1.06 bits per heavy atom. The van der Waals surface area contributed by atoms with Crippen LogP contribution in [0.4, 0.5) is 11.5 Å². The van der Waals surface area contributed by atoms with Crippen molar-refractivity contribution in [1.29, 1.82) is 0 Å². The fourth-order valence-corrected chi connectivity index (χ4v) is 4.55. The number of carbonyl (C=O) groups is 1. The summed E-state index contributed by atoms with van der Waals surface area (Å²) < 4.78 is 39.5. The van der Waals surface area contributed by atoms with Crippen LogP contribution in [0.5, 0.6) is 11.6 Å². The van der Waals surface area contributed by atoms with E-state index in [1.54, 1.807) is 18.2 Å². The average molecular weight is 572 g/mol. The van der Waals surface area contributed by atoms with Gasteiger partial charge in [-0.2, -0.15) is 0 Å². The van der Waals surface area contributed by atoms with Gasteiger partial charge in [0.2, 0.25) is 5.82 Å². The van der Waals surface area contributed by atoms with E-state index in [-0.39, 0.29) is 23.2 Å². The van der Waals surface area contributed by atoms with Crippen molar-refractivity contribution in [3.63, 3.8) is 0 Å². The Hall–Kier alpha value is -2.70. The van der Waals surface area contributed by atoms with E-state index in [0.29, 0.717) is 15.9 Å². The van der Waals surface area contributed by atoms with Gasteiger partial charge in [0.05, 0.1) is 16.5 Å². The third-order valence-corrected chi connectivity index (χ3v) is 6.26. The number of carbonyl (C=O) groups excluding carboxylic acids is 1. The number of nitrogens with one attached hydrogen (secondary N) is 2. The first-order chi connectivity index (χ1) is 14.8. The summed E-state index contributed by atoms with van der Waals surface area (Å²) in [6.45, 7) is -0.214. The molecule has 0 unspecified atom stereocenters. The number of amides is 1. The Morgan fingerprint density at radius 2 is 1.77 bits per heavy atom. The highest BCUT2D eigenvalue weighted by atomic mass is 79.9. The number of halogens is 2. The third-order valence-electron chi connectivity index (χ3n) is 3.79. The molecule has 2 N–H and O–H groups in total. The zero-order chi connectivity index (χ0) is 22.4. The number of methoxy groups -OCH3 is 1. The molecule has 3 rings (SSSR count). The van der Waals surface area contributed by atoms with Crippen LogP contribution in [-0.2, 0) is 14.8 Å². The van der Waals surface area contributed by atoms with Crippen molar-refractivity contribution in [2.45, 2.75) is 4.90 Å². The van der Waals surface area contributed by atoms with Crippen molar-refractivity contribution in [2.24, 2.45) is 0 Å². The van der Waals surface area contributed by atoms with Crippen LogP contribution in [-0.4, -0.2) is 38.0 Å². The Morgan fingerprint density at radius 3 is 2.45 bits per heavy atom. The van der Waals surface area contributed by atoms with Crippen LogP contribution in [0.25, 0.3) is 0 Å². The lowest BCUT2D eigenvalue weighted by atomic mass is 10.3. The number of nitrogens with zero attached hydrogens (tertiary/aromatic N) is 2. The largest absolute Gasteiger partial charge is 0.483 e. The van der Waals surface area contributed by atoms with Gasteiger partial charge in [0, 0.05) is 22.6 Å². The molecule has 0 saturated heterocycles. The molecule has 1 heterocycles. The van der Waals surface area contributed by atoms with E-state index in [2.05, 4.69) is 51.9 Å². The Bertz CT molecular complexity index is 1190. The first-order valence-electron chi connectivity index (χ1n) is 8.64. The molecule has 3 aromatic rings. The van der Waals surface area contributed by atoms with Gasteiger partial charge in [-0.15, -0.1) is 0 Å². The quantitative estimate of drug-likeness (QED) is 0.421. The molecule has 1 aromatic heterocycles. The van der Waals surface area contributed by atoms with E-state index >= 15 is 0 Å². The molecule has 0 aliphatic rings. The predicted octanol–water partition coefficient (Wildman–Crippen LogP) is 3.83. The normalized spacial score (nSPS) is 10.9. The van der Waals surface area contributed by atoms with Gasteiger partial charge in [0.15, 0.2) is 6.61 Å². The van der Waals surface area contributed by atoms with Gasteiger partial charge in [0.25, 0.3) is 21.8 Å². The smallest absolute Gasteiger partial charge is 0.263 e. The second kappa shape index (κ2) is 10.1. The Labute approximate surface area is 195 Å². The van der Waals surface area contributed by atoms with Crippen molar-refractivity contribution in [1.82, 2.24) is 9.97 Å². The number of anilines is 2. The standard InChI is InChI=1S/C19H16Br2N4O5S/c1-29-19-18(22-8-9-23-19)25-31(27,28)14-5-3-13(4-6-14)24-17(26)11-30-16-7-2-12(20)10-15(16)21/h2-10H,11H2,1H3,(H,22,25)(H,24,26). The van der Waals surface area contributed by atoms with E-state index in [0.717, 1.165) is 4.47 Å². The van der Waals surface area contributed by atoms with Crippen LogP contribution in [0.3, 0.4) is 0 Å². The number of hydrogen-bond acceptors (Lipinski definition) is 7. The SMILES string of the molecule is COc1nccnc1NS(=O)(=O)c1ccc(NC(=O)COc2ccc(Br)cc2Br)cc1. The summed E-state index contributed by atoms with van der Waals surface area (Å²) in [6, 6.07) is 11.0. The van der Waals surface area contributed by atoms with E-state index in [1.165, 1.54) is 43.8 Å². The number of rotatable bonds is 8. The average Bonchev–Trinajstić information content (AvgIpc) is 2.73. The molecule has 9 nitrogen and oxygen atoms in total. The summed E-state index contributed by atoms with van der Waals surface area (Å²) in [6.07, 6.45) is 2.72. The minimum absolute atomic E-state index is 0.0201. The number of ether oxygens (including phenoxy) is 2. The van der Waals surface area contributed by atoms with Gasteiger partial charge in [-0.25, -0.2) is 18.4 Å². The molecule has 31 heavy (non-hydrogen) atoms. The first kappa shape index (κ1) is 23.0. The molecule has 162 valence electrons. The molecule has 0 aliphatic heterocycles. The summed E-state index contributed by atoms with van der Waals surface area (Å²) in [5, 5.41) is 2.64. The minimum atomic E-state index is -3.92. The molecule has 0 aliphatic carbocycles. The van der Waals surface area contributed by atoms with Crippen LogP contribution in [0.15, 0.2) is 68.7 Å². The maximum absolute atomic E-state index is 12.6. The lowest BCUT2D eigenvalue weighted by Crippen LogP contribution is -2.20. The molecule has 2 aromatic carbocycles. The highest BCUT2D eigenvalue weighted by Crippen LogP contribution is 2.28.